The lowest BCUT2D eigenvalue weighted by molar-refractivity contribution is -0.385. The van der Waals surface area contributed by atoms with E-state index in [0.29, 0.717) is 31.5 Å². The summed E-state index contributed by atoms with van der Waals surface area (Å²) in [6, 6.07) is 5.34. The second-order valence-corrected chi connectivity index (χ2v) is 5.91. The number of aromatic amines is 1. The van der Waals surface area contributed by atoms with Crippen LogP contribution >= 0.6 is 0 Å². The number of nitrogens with two attached hydrogens (primary N) is 1. The number of nitrogens with one attached hydrogen (secondary N) is 1. The zero-order valence-corrected chi connectivity index (χ0v) is 13.4. The molecule has 0 radical (unpaired) electrons. The van der Waals surface area contributed by atoms with Gasteiger partial charge in [-0.1, -0.05) is 19.1 Å². The van der Waals surface area contributed by atoms with Crippen molar-refractivity contribution in [1.82, 2.24) is 14.9 Å². The molecule has 2 heterocycles. The summed E-state index contributed by atoms with van der Waals surface area (Å²) < 4.78 is 0. The minimum atomic E-state index is -0.342. The van der Waals surface area contributed by atoms with Crippen molar-refractivity contribution in [2.75, 3.05) is 12.3 Å². The first-order chi connectivity index (χ1) is 11.5. The van der Waals surface area contributed by atoms with Gasteiger partial charge in [0.25, 0.3) is 11.2 Å². The van der Waals surface area contributed by atoms with E-state index in [1.165, 1.54) is 0 Å². The molecular weight excluding hydrogens is 310 g/mol. The summed E-state index contributed by atoms with van der Waals surface area (Å²) >= 11 is 0. The Morgan fingerprint density at radius 3 is 2.96 bits per heavy atom. The monoisotopic (exact) mass is 329 g/mol. The number of aryl methyl sites for hydroxylation is 1. The third-order valence-electron chi connectivity index (χ3n) is 4.30. The Labute approximate surface area is 138 Å². The van der Waals surface area contributed by atoms with Crippen LogP contribution in [0.25, 0.3) is 0 Å². The highest BCUT2D eigenvalue weighted by atomic mass is 16.6. The highest BCUT2D eigenvalue weighted by molar-refractivity contribution is 5.43. The van der Waals surface area contributed by atoms with E-state index in [1.54, 1.807) is 12.1 Å². The van der Waals surface area contributed by atoms with E-state index in [-0.39, 0.29) is 22.1 Å². The third-order valence-corrected chi connectivity index (χ3v) is 4.30. The molecule has 0 bridgehead atoms. The van der Waals surface area contributed by atoms with E-state index in [4.69, 9.17) is 5.73 Å². The molecule has 0 saturated carbocycles. The van der Waals surface area contributed by atoms with E-state index < -0.39 is 0 Å². The molecule has 1 aromatic heterocycles. The molecule has 0 saturated heterocycles. The second-order valence-electron chi connectivity index (χ2n) is 5.91. The predicted molar refractivity (Wildman–Crippen MR) is 89.6 cm³/mol. The fraction of sp³-hybridized carbons (Fsp3) is 0.375. The number of hydrogen-bond acceptors (Lipinski definition) is 6. The van der Waals surface area contributed by atoms with Crippen LogP contribution in [0.5, 0.6) is 0 Å². The van der Waals surface area contributed by atoms with Gasteiger partial charge >= 0.3 is 0 Å². The van der Waals surface area contributed by atoms with Gasteiger partial charge in [-0.25, -0.2) is 4.98 Å². The van der Waals surface area contributed by atoms with Gasteiger partial charge in [-0.05, 0) is 12.0 Å². The Bertz CT molecular complexity index is 846. The Balaban J connectivity index is 1.82. The normalized spacial score (nSPS) is 14.4. The summed E-state index contributed by atoms with van der Waals surface area (Å²) in [7, 11) is 0. The van der Waals surface area contributed by atoms with Crippen molar-refractivity contribution < 1.29 is 4.92 Å². The third kappa shape index (κ3) is 3.13. The summed E-state index contributed by atoms with van der Waals surface area (Å²) in [4.78, 5) is 31.7. The van der Waals surface area contributed by atoms with Crippen LogP contribution in [0.1, 0.15) is 29.3 Å². The molecule has 1 aliphatic rings. The molecule has 0 aliphatic carbocycles. The molecular formula is C16H19N5O3. The summed E-state index contributed by atoms with van der Waals surface area (Å²) in [5.41, 5.74) is 8.45. The maximum Gasteiger partial charge on any atom is 0.272 e. The number of nitro benzene ring substituents is 1. The van der Waals surface area contributed by atoms with Crippen molar-refractivity contribution in [3.63, 3.8) is 0 Å². The number of nitrogen functional groups attached to an aromatic ring is 1. The van der Waals surface area contributed by atoms with E-state index in [1.807, 2.05) is 13.0 Å². The van der Waals surface area contributed by atoms with Gasteiger partial charge < -0.3 is 5.73 Å². The predicted octanol–water partition coefficient (Wildman–Crippen LogP) is 1.38. The first kappa shape index (κ1) is 16.1. The summed E-state index contributed by atoms with van der Waals surface area (Å²) in [6.07, 6.45) is 1.26. The van der Waals surface area contributed by atoms with E-state index in [9.17, 15) is 14.9 Å². The molecule has 3 rings (SSSR count). The number of benzene rings is 1. The Morgan fingerprint density at radius 2 is 2.25 bits per heavy atom. The van der Waals surface area contributed by atoms with Gasteiger partial charge in [0.2, 0.25) is 5.95 Å². The molecule has 0 atom stereocenters. The van der Waals surface area contributed by atoms with E-state index >= 15 is 0 Å². The highest BCUT2D eigenvalue weighted by Gasteiger charge is 2.22. The number of nitrogens with zero attached hydrogens (tertiary/aromatic N) is 3. The lowest BCUT2D eigenvalue weighted by Gasteiger charge is -2.27. The van der Waals surface area contributed by atoms with Crippen LogP contribution in [-0.4, -0.2) is 26.3 Å². The molecule has 0 amide bonds. The standard InChI is InChI=1S/C16H19N5O3/c1-2-11-4-3-10(7-14(11)21(23)24)8-20-6-5-13-12(9-20)15(22)19-16(17)18-13/h3-4,7H,2,5-6,8-9H2,1H3,(H3,17,18,19,22). The van der Waals surface area contributed by atoms with Crippen LogP contribution in [-0.2, 0) is 25.9 Å². The van der Waals surface area contributed by atoms with E-state index in [0.717, 1.165) is 23.4 Å². The van der Waals surface area contributed by atoms with Crippen molar-refractivity contribution in [3.05, 3.63) is 61.1 Å². The SMILES string of the molecule is CCc1ccc(CN2CCc3nc(N)[nH]c(=O)c3C2)cc1[N+](=O)[O-]. The van der Waals surface area contributed by atoms with Crippen LogP contribution in [0.2, 0.25) is 0 Å². The Hall–Kier alpha value is -2.74. The minimum Gasteiger partial charge on any atom is -0.369 e. The van der Waals surface area contributed by atoms with Gasteiger partial charge in [-0.2, -0.15) is 0 Å². The lowest BCUT2D eigenvalue weighted by Crippen LogP contribution is -2.35. The van der Waals surface area contributed by atoms with Crippen molar-refractivity contribution >= 4 is 11.6 Å². The van der Waals surface area contributed by atoms with Crippen LogP contribution in [0.3, 0.4) is 0 Å². The molecule has 0 spiro atoms. The van der Waals surface area contributed by atoms with Crippen LogP contribution in [0.15, 0.2) is 23.0 Å². The number of nitro groups is 1. The number of anilines is 1. The molecule has 24 heavy (non-hydrogen) atoms. The fourth-order valence-electron chi connectivity index (χ4n) is 3.07. The first-order valence-corrected chi connectivity index (χ1v) is 7.84. The van der Waals surface area contributed by atoms with Gasteiger partial charge in [0.05, 0.1) is 16.2 Å². The van der Waals surface area contributed by atoms with E-state index in [2.05, 4.69) is 14.9 Å². The fourth-order valence-corrected chi connectivity index (χ4v) is 3.07. The minimum absolute atomic E-state index is 0.137. The average Bonchev–Trinajstić information content (AvgIpc) is 2.55. The van der Waals surface area contributed by atoms with Crippen molar-refractivity contribution in [1.29, 1.82) is 0 Å². The smallest absolute Gasteiger partial charge is 0.272 e. The maximum absolute atomic E-state index is 12.0. The zero-order chi connectivity index (χ0) is 17.3. The molecule has 1 aliphatic heterocycles. The lowest BCUT2D eigenvalue weighted by atomic mass is 10.0. The summed E-state index contributed by atoms with van der Waals surface area (Å²) in [6.45, 7) is 3.64. The molecule has 3 N–H and O–H groups in total. The molecule has 0 unspecified atom stereocenters. The Kier molecular flexibility index (Phi) is 4.30. The average molecular weight is 329 g/mol. The molecule has 1 aromatic carbocycles. The number of H-pyrrole nitrogens is 1. The summed E-state index contributed by atoms with van der Waals surface area (Å²) in [5.74, 6) is 0.137. The zero-order valence-electron chi connectivity index (χ0n) is 13.4. The summed E-state index contributed by atoms with van der Waals surface area (Å²) in [5, 5.41) is 11.2. The topological polar surface area (TPSA) is 118 Å². The largest absolute Gasteiger partial charge is 0.369 e. The van der Waals surface area contributed by atoms with Gasteiger partial charge in [-0.3, -0.25) is 24.8 Å². The molecule has 8 nitrogen and oxygen atoms in total. The molecule has 8 heteroatoms. The number of aromatic nitrogens is 2. The number of hydrogen-bond donors (Lipinski definition) is 2. The van der Waals surface area contributed by atoms with Crippen LogP contribution in [0, 0.1) is 10.1 Å². The molecule has 126 valence electrons. The van der Waals surface area contributed by atoms with Crippen LogP contribution in [0.4, 0.5) is 11.6 Å². The van der Waals surface area contributed by atoms with Gasteiger partial charge in [0, 0.05) is 37.7 Å². The first-order valence-electron chi connectivity index (χ1n) is 7.84. The van der Waals surface area contributed by atoms with Gasteiger partial charge in [0.1, 0.15) is 0 Å². The second kappa shape index (κ2) is 6.40. The molecule has 0 fully saturated rings. The highest BCUT2D eigenvalue weighted by Crippen LogP contribution is 2.23. The van der Waals surface area contributed by atoms with Crippen molar-refractivity contribution in [3.8, 4) is 0 Å². The van der Waals surface area contributed by atoms with Gasteiger partial charge in [-0.15, -0.1) is 0 Å². The van der Waals surface area contributed by atoms with Gasteiger partial charge in [0.15, 0.2) is 0 Å². The Morgan fingerprint density at radius 1 is 1.46 bits per heavy atom. The number of rotatable bonds is 4. The van der Waals surface area contributed by atoms with Crippen molar-refractivity contribution in [2.24, 2.45) is 0 Å². The molecule has 2 aromatic rings. The quantitative estimate of drug-likeness (QED) is 0.646. The van der Waals surface area contributed by atoms with Crippen molar-refractivity contribution in [2.45, 2.75) is 32.9 Å². The maximum atomic E-state index is 12.0. The van der Waals surface area contributed by atoms with Crippen LogP contribution < -0.4 is 11.3 Å². The number of fused-ring (bicyclic) bond motifs is 1.